The van der Waals surface area contributed by atoms with Crippen LogP contribution in [0.4, 0.5) is 0 Å². The summed E-state index contributed by atoms with van der Waals surface area (Å²) in [7, 11) is 1.81. The van der Waals surface area contributed by atoms with Crippen molar-refractivity contribution in [1.29, 1.82) is 0 Å². The quantitative estimate of drug-likeness (QED) is 0.780. The van der Waals surface area contributed by atoms with Crippen molar-refractivity contribution >= 4 is 21.8 Å². The van der Waals surface area contributed by atoms with Gasteiger partial charge in [0.15, 0.2) is 0 Å². The summed E-state index contributed by atoms with van der Waals surface area (Å²) in [6, 6.07) is 0.565. The fraction of sp³-hybridized carbons (Fsp3) is 0.667. The van der Waals surface area contributed by atoms with Crippen LogP contribution in [-0.4, -0.2) is 57.7 Å². The average molecular weight is 313 g/mol. The molecule has 98 valence electrons. The zero-order valence-corrected chi connectivity index (χ0v) is 12.1. The van der Waals surface area contributed by atoms with Gasteiger partial charge in [-0.2, -0.15) is 5.10 Å². The van der Waals surface area contributed by atoms with Crippen LogP contribution in [0.3, 0.4) is 0 Å². The monoisotopic (exact) mass is 312 g/mol. The third kappa shape index (κ3) is 1.97. The fourth-order valence-electron chi connectivity index (χ4n) is 2.98. The Morgan fingerprint density at radius 3 is 3.00 bits per heavy atom. The predicted octanol–water partition coefficient (Wildman–Crippen LogP) is 1.10. The van der Waals surface area contributed by atoms with Crippen molar-refractivity contribution < 1.29 is 4.79 Å². The van der Waals surface area contributed by atoms with E-state index >= 15 is 0 Å². The van der Waals surface area contributed by atoms with E-state index in [0.717, 1.165) is 24.1 Å². The smallest absolute Gasteiger partial charge is 0.273 e. The summed E-state index contributed by atoms with van der Waals surface area (Å²) in [5.41, 5.74) is 0.654. The topological polar surface area (TPSA) is 41.4 Å². The molecule has 2 aliphatic rings. The van der Waals surface area contributed by atoms with E-state index in [1.54, 1.807) is 10.9 Å². The van der Waals surface area contributed by atoms with E-state index in [1.807, 2.05) is 11.9 Å². The average Bonchev–Trinajstić information content (AvgIpc) is 2.94. The summed E-state index contributed by atoms with van der Waals surface area (Å²) >= 11 is 3.40. The fourth-order valence-corrected chi connectivity index (χ4v) is 3.49. The van der Waals surface area contributed by atoms with Gasteiger partial charge in [-0.1, -0.05) is 0 Å². The highest BCUT2D eigenvalue weighted by Crippen LogP contribution is 2.24. The molecule has 0 radical (unpaired) electrons. The van der Waals surface area contributed by atoms with E-state index in [2.05, 4.69) is 25.9 Å². The first kappa shape index (κ1) is 12.2. The van der Waals surface area contributed by atoms with Crippen molar-refractivity contribution in [2.45, 2.75) is 18.9 Å². The molecule has 1 aromatic heterocycles. The van der Waals surface area contributed by atoms with Crippen LogP contribution in [0.15, 0.2) is 10.7 Å². The lowest BCUT2D eigenvalue weighted by atomic mass is 10.1. The second kappa shape index (κ2) is 4.66. The number of hydrogen-bond donors (Lipinski definition) is 0. The lowest BCUT2D eigenvalue weighted by Crippen LogP contribution is -2.52. The third-order valence-corrected chi connectivity index (χ3v) is 4.55. The van der Waals surface area contributed by atoms with Crippen LogP contribution in [-0.2, 0) is 7.05 Å². The normalized spacial score (nSPS) is 24.3. The predicted molar refractivity (Wildman–Crippen MR) is 71.4 cm³/mol. The van der Waals surface area contributed by atoms with Crippen LogP contribution >= 0.6 is 15.9 Å². The number of halogens is 1. The Hall–Kier alpha value is -0.880. The Bertz CT molecular complexity index is 453. The molecule has 1 atom stereocenters. The molecule has 0 unspecified atom stereocenters. The number of carbonyl (C=O) groups is 1. The SMILES string of the molecule is Cn1ncc(Br)c1C(=O)N1CCN2CCC[C@@H]2C1. The van der Waals surface area contributed by atoms with Crippen LogP contribution in [0.5, 0.6) is 0 Å². The van der Waals surface area contributed by atoms with Gasteiger partial charge in [0.05, 0.1) is 10.7 Å². The Labute approximate surface area is 115 Å². The van der Waals surface area contributed by atoms with Crippen LogP contribution in [0, 0.1) is 0 Å². The summed E-state index contributed by atoms with van der Waals surface area (Å²) in [5.74, 6) is 0.0911. The van der Waals surface area contributed by atoms with Crippen molar-refractivity contribution in [2.75, 3.05) is 26.2 Å². The molecule has 0 N–H and O–H groups in total. The number of carbonyl (C=O) groups excluding carboxylic acids is 1. The maximum Gasteiger partial charge on any atom is 0.273 e. The molecule has 3 heterocycles. The van der Waals surface area contributed by atoms with Crippen molar-refractivity contribution in [3.05, 3.63) is 16.4 Å². The zero-order chi connectivity index (χ0) is 12.7. The Morgan fingerprint density at radius 2 is 2.28 bits per heavy atom. The van der Waals surface area contributed by atoms with E-state index in [4.69, 9.17) is 0 Å². The Morgan fingerprint density at radius 1 is 1.44 bits per heavy atom. The van der Waals surface area contributed by atoms with Gasteiger partial charge in [0.25, 0.3) is 5.91 Å². The van der Waals surface area contributed by atoms with Gasteiger partial charge in [0.1, 0.15) is 5.69 Å². The molecular weight excluding hydrogens is 296 g/mol. The molecule has 0 bridgehead atoms. The summed E-state index contributed by atoms with van der Waals surface area (Å²) in [4.78, 5) is 17.0. The number of hydrogen-bond acceptors (Lipinski definition) is 3. The molecule has 0 saturated carbocycles. The molecule has 0 aliphatic carbocycles. The van der Waals surface area contributed by atoms with E-state index in [1.165, 1.54) is 19.4 Å². The summed E-state index contributed by atoms with van der Waals surface area (Å²) in [6.45, 7) is 3.89. The van der Waals surface area contributed by atoms with Crippen molar-refractivity contribution in [1.82, 2.24) is 19.6 Å². The first-order valence-corrected chi connectivity index (χ1v) is 7.17. The van der Waals surface area contributed by atoms with Gasteiger partial charge in [-0.15, -0.1) is 0 Å². The summed E-state index contributed by atoms with van der Waals surface area (Å²) in [6.07, 6.45) is 4.16. The zero-order valence-electron chi connectivity index (χ0n) is 10.5. The number of piperazine rings is 1. The first-order chi connectivity index (χ1) is 8.66. The van der Waals surface area contributed by atoms with Gasteiger partial charge in [-0.05, 0) is 35.3 Å². The highest BCUT2D eigenvalue weighted by molar-refractivity contribution is 9.10. The molecule has 3 rings (SSSR count). The number of amides is 1. The first-order valence-electron chi connectivity index (χ1n) is 6.37. The third-order valence-electron chi connectivity index (χ3n) is 3.97. The lowest BCUT2D eigenvalue weighted by Gasteiger charge is -2.37. The van der Waals surface area contributed by atoms with Gasteiger partial charge in [-0.3, -0.25) is 14.4 Å². The van der Waals surface area contributed by atoms with Crippen molar-refractivity contribution in [2.24, 2.45) is 7.05 Å². The summed E-state index contributed by atoms with van der Waals surface area (Å²) in [5, 5.41) is 4.11. The maximum absolute atomic E-state index is 12.5. The van der Waals surface area contributed by atoms with E-state index in [0.29, 0.717) is 11.7 Å². The maximum atomic E-state index is 12.5. The Balaban J connectivity index is 1.77. The van der Waals surface area contributed by atoms with Crippen LogP contribution < -0.4 is 0 Å². The minimum atomic E-state index is 0.0911. The van der Waals surface area contributed by atoms with Crippen molar-refractivity contribution in [3.8, 4) is 0 Å². The molecule has 6 heteroatoms. The minimum Gasteiger partial charge on any atom is -0.334 e. The van der Waals surface area contributed by atoms with E-state index < -0.39 is 0 Å². The van der Waals surface area contributed by atoms with Gasteiger partial charge in [-0.25, -0.2) is 0 Å². The minimum absolute atomic E-state index is 0.0911. The number of aryl methyl sites for hydroxylation is 1. The van der Waals surface area contributed by atoms with E-state index in [-0.39, 0.29) is 5.91 Å². The van der Waals surface area contributed by atoms with Gasteiger partial charge >= 0.3 is 0 Å². The number of nitrogens with zero attached hydrogens (tertiary/aromatic N) is 4. The molecule has 2 fully saturated rings. The molecule has 18 heavy (non-hydrogen) atoms. The molecule has 1 aromatic rings. The summed E-state index contributed by atoms with van der Waals surface area (Å²) < 4.78 is 2.43. The molecule has 0 spiro atoms. The molecule has 0 aromatic carbocycles. The van der Waals surface area contributed by atoms with Crippen LogP contribution in [0.1, 0.15) is 23.3 Å². The number of rotatable bonds is 1. The van der Waals surface area contributed by atoms with Gasteiger partial charge in [0.2, 0.25) is 0 Å². The standard InChI is InChI=1S/C12H17BrN4O/c1-15-11(10(13)7-14-15)12(18)17-6-5-16-4-2-3-9(16)8-17/h7,9H,2-6,8H2,1H3/t9-/m1/s1. The molecule has 1 amide bonds. The second-order valence-corrected chi connectivity index (χ2v) is 5.90. The second-order valence-electron chi connectivity index (χ2n) is 5.05. The lowest BCUT2D eigenvalue weighted by molar-refractivity contribution is 0.0560. The molecular formula is C12H17BrN4O. The van der Waals surface area contributed by atoms with Crippen LogP contribution in [0.25, 0.3) is 0 Å². The van der Waals surface area contributed by atoms with Crippen LogP contribution in [0.2, 0.25) is 0 Å². The molecule has 2 saturated heterocycles. The largest absolute Gasteiger partial charge is 0.334 e. The molecule has 2 aliphatic heterocycles. The number of aromatic nitrogens is 2. The van der Waals surface area contributed by atoms with Crippen molar-refractivity contribution in [3.63, 3.8) is 0 Å². The van der Waals surface area contributed by atoms with Gasteiger partial charge in [0, 0.05) is 32.7 Å². The number of fused-ring (bicyclic) bond motifs is 1. The highest BCUT2D eigenvalue weighted by atomic mass is 79.9. The Kier molecular flexibility index (Phi) is 3.15. The van der Waals surface area contributed by atoms with Gasteiger partial charge < -0.3 is 4.90 Å². The highest BCUT2D eigenvalue weighted by Gasteiger charge is 2.33. The molecule has 5 nitrogen and oxygen atoms in total. The van der Waals surface area contributed by atoms with E-state index in [9.17, 15) is 4.79 Å².